The molecule has 0 aliphatic heterocycles. The van der Waals surface area contributed by atoms with Crippen molar-refractivity contribution in [3.05, 3.63) is 89.5 Å². The molecular weight excluding hydrogens is 322 g/mol. The van der Waals surface area contributed by atoms with Gasteiger partial charge in [-0.25, -0.2) is 0 Å². The van der Waals surface area contributed by atoms with Gasteiger partial charge >= 0.3 is 0 Å². The van der Waals surface area contributed by atoms with Crippen molar-refractivity contribution in [2.24, 2.45) is 4.99 Å². The first kappa shape index (κ1) is 17.7. The average molecular weight is 345 g/mol. The molecule has 0 atom stereocenters. The number of nitrogens with zero attached hydrogens (tertiary/aromatic N) is 1. The fraction of sp³-hybridized carbons (Fsp3) is 0.174. The molecule has 0 saturated carbocycles. The monoisotopic (exact) mass is 345 g/mol. The molecule has 0 bridgehead atoms. The Labute approximate surface area is 154 Å². The first-order chi connectivity index (χ1) is 12.8. The minimum absolute atomic E-state index is 0.500. The Bertz CT molecular complexity index is 855. The van der Waals surface area contributed by atoms with Gasteiger partial charge in [-0.2, -0.15) is 0 Å². The van der Waals surface area contributed by atoms with Gasteiger partial charge in [-0.15, -0.1) is 0 Å². The molecule has 0 radical (unpaired) electrons. The number of aryl methyl sites for hydroxylation is 1. The second-order valence-electron chi connectivity index (χ2n) is 5.96. The standard InChI is InChI=1S/C23H23NO2/c1-3-18-9-12-21(13-10-18)24-16-20-11-14-22(25-2)15-23(20)26-17-19-7-5-4-6-8-19/h4-16H,3,17H2,1-2H3. The van der Waals surface area contributed by atoms with Crippen molar-refractivity contribution in [2.75, 3.05) is 7.11 Å². The summed E-state index contributed by atoms with van der Waals surface area (Å²) in [5.74, 6) is 1.51. The maximum Gasteiger partial charge on any atom is 0.132 e. The second-order valence-corrected chi connectivity index (χ2v) is 5.96. The van der Waals surface area contributed by atoms with Gasteiger partial charge in [0.2, 0.25) is 0 Å². The minimum Gasteiger partial charge on any atom is -0.497 e. The summed E-state index contributed by atoms with van der Waals surface area (Å²) in [6.45, 7) is 2.64. The first-order valence-corrected chi connectivity index (χ1v) is 8.76. The predicted molar refractivity (Wildman–Crippen MR) is 107 cm³/mol. The largest absolute Gasteiger partial charge is 0.497 e. The Balaban J connectivity index is 1.79. The van der Waals surface area contributed by atoms with Crippen LogP contribution in [-0.2, 0) is 13.0 Å². The van der Waals surface area contributed by atoms with Crippen molar-refractivity contribution in [1.29, 1.82) is 0 Å². The molecular formula is C23H23NO2. The molecule has 0 unspecified atom stereocenters. The second kappa shape index (κ2) is 8.86. The van der Waals surface area contributed by atoms with E-state index in [4.69, 9.17) is 9.47 Å². The lowest BCUT2D eigenvalue weighted by atomic mass is 10.1. The summed E-state index contributed by atoms with van der Waals surface area (Å²) < 4.78 is 11.3. The van der Waals surface area contributed by atoms with Crippen LogP contribution in [0.4, 0.5) is 5.69 Å². The van der Waals surface area contributed by atoms with Gasteiger partial charge < -0.3 is 9.47 Å². The predicted octanol–water partition coefficient (Wildman–Crippen LogP) is 5.59. The molecule has 0 aliphatic rings. The Morgan fingerprint density at radius 2 is 1.65 bits per heavy atom. The summed E-state index contributed by atoms with van der Waals surface area (Å²) >= 11 is 0. The molecule has 3 rings (SSSR count). The zero-order chi connectivity index (χ0) is 18.2. The quantitative estimate of drug-likeness (QED) is 0.523. The van der Waals surface area contributed by atoms with Crippen LogP contribution < -0.4 is 9.47 Å². The van der Waals surface area contributed by atoms with Crippen LogP contribution in [0, 0.1) is 0 Å². The van der Waals surface area contributed by atoms with Crippen molar-refractivity contribution in [2.45, 2.75) is 20.0 Å². The molecule has 0 heterocycles. The van der Waals surface area contributed by atoms with Gasteiger partial charge in [-0.05, 0) is 41.8 Å². The lowest BCUT2D eigenvalue weighted by Gasteiger charge is -2.11. The summed E-state index contributed by atoms with van der Waals surface area (Å²) in [6.07, 6.45) is 2.86. The van der Waals surface area contributed by atoms with E-state index in [1.165, 1.54) is 5.56 Å². The van der Waals surface area contributed by atoms with Crippen LogP contribution in [0.1, 0.15) is 23.6 Å². The molecule has 0 spiro atoms. The highest BCUT2D eigenvalue weighted by molar-refractivity contribution is 5.85. The summed E-state index contributed by atoms with van der Waals surface area (Å²) in [4.78, 5) is 4.58. The highest BCUT2D eigenvalue weighted by Gasteiger charge is 2.05. The summed E-state index contributed by atoms with van der Waals surface area (Å²) in [7, 11) is 1.65. The number of hydrogen-bond acceptors (Lipinski definition) is 3. The topological polar surface area (TPSA) is 30.8 Å². The third-order valence-electron chi connectivity index (χ3n) is 4.16. The van der Waals surface area contributed by atoms with Crippen LogP contribution in [0.5, 0.6) is 11.5 Å². The Hall–Kier alpha value is -3.07. The van der Waals surface area contributed by atoms with Gasteiger partial charge in [0, 0.05) is 17.8 Å². The van der Waals surface area contributed by atoms with Crippen LogP contribution in [0.25, 0.3) is 0 Å². The molecule has 3 aromatic carbocycles. The molecule has 0 fully saturated rings. The van der Waals surface area contributed by atoms with Crippen molar-refractivity contribution in [1.82, 2.24) is 0 Å². The Kier molecular flexibility index (Phi) is 6.05. The van der Waals surface area contributed by atoms with E-state index in [0.29, 0.717) is 6.61 Å². The van der Waals surface area contributed by atoms with E-state index in [1.54, 1.807) is 7.11 Å². The van der Waals surface area contributed by atoms with Crippen LogP contribution in [0.3, 0.4) is 0 Å². The van der Waals surface area contributed by atoms with Crippen molar-refractivity contribution >= 4 is 11.9 Å². The van der Waals surface area contributed by atoms with Crippen molar-refractivity contribution in [3.63, 3.8) is 0 Å². The molecule has 0 N–H and O–H groups in total. The highest BCUT2D eigenvalue weighted by atomic mass is 16.5. The van der Waals surface area contributed by atoms with Gasteiger partial charge in [0.1, 0.15) is 18.1 Å². The smallest absolute Gasteiger partial charge is 0.132 e. The van der Waals surface area contributed by atoms with Crippen molar-refractivity contribution < 1.29 is 9.47 Å². The molecule has 26 heavy (non-hydrogen) atoms. The van der Waals surface area contributed by atoms with E-state index < -0.39 is 0 Å². The summed E-state index contributed by atoms with van der Waals surface area (Å²) in [5, 5.41) is 0. The van der Waals surface area contributed by atoms with Gasteiger partial charge in [-0.3, -0.25) is 4.99 Å². The molecule has 132 valence electrons. The van der Waals surface area contributed by atoms with Crippen LogP contribution >= 0.6 is 0 Å². The minimum atomic E-state index is 0.500. The fourth-order valence-corrected chi connectivity index (χ4v) is 2.57. The van der Waals surface area contributed by atoms with Crippen LogP contribution in [0.2, 0.25) is 0 Å². The molecule has 0 saturated heterocycles. The Morgan fingerprint density at radius 1 is 0.885 bits per heavy atom. The number of aliphatic imine (C=N–C) groups is 1. The van der Waals surface area contributed by atoms with E-state index in [2.05, 4.69) is 24.0 Å². The number of ether oxygens (including phenoxy) is 2. The molecule has 3 heteroatoms. The Morgan fingerprint density at radius 3 is 2.35 bits per heavy atom. The molecule has 3 aromatic rings. The zero-order valence-corrected chi connectivity index (χ0v) is 15.2. The van der Waals surface area contributed by atoms with E-state index in [0.717, 1.165) is 34.7 Å². The van der Waals surface area contributed by atoms with Gasteiger partial charge in [0.25, 0.3) is 0 Å². The fourth-order valence-electron chi connectivity index (χ4n) is 2.57. The molecule has 0 aromatic heterocycles. The van der Waals surface area contributed by atoms with E-state index >= 15 is 0 Å². The number of rotatable bonds is 7. The van der Waals surface area contributed by atoms with Gasteiger partial charge in [-0.1, -0.05) is 49.4 Å². The lowest BCUT2D eigenvalue weighted by Crippen LogP contribution is -1.99. The lowest BCUT2D eigenvalue weighted by molar-refractivity contribution is 0.303. The normalized spacial score (nSPS) is 10.8. The SMILES string of the molecule is CCc1ccc(N=Cc2ccc(OC)cc2OCc2ccccc2)cc1. The van der Waals surface area contributed by atoms with E-state index in [-0.39, 0.29) is 0 Å². The summed E-state index contributed by atoms with van der Waals surface area (Å²) in [5.41, 5.74) is 4.27. The summed E-state index contributed by atoms with van der Waals surface area (Å²) in [6, 6.07) is 24.1. The van der Waals surface area contributed by atoms with Crippen LogP contribution in [0.15, 0.2) is 77.8 Å². The molecule has 0 aliphatic carbocycles. The van der Waals surface area contributed by atoms with E-state index in [1.807, 2.05) is 66.9 Å². The van der Waals surface area contributed by atoms with Gasteiger partial charge in [0.05, 0.1) is 12.8 Å². The maximum absolute atomic E-state index is 6.02. The van der Waals surface area contributed by atoms with Gasteiger partial charge in [0.15, 0.2) is 0 Å². The first-order valence-electron chi connectivity index (χ1n) is 8.76. The number of benzene rings is 3. The van der Waals surface area contributed by atoms with Crippen molar-refractivity contribution in [3.8, 4) is 11.5 Å². The third kappa shape index (κ3) is 4.73. The number of methoxy groups -OCH3 is 1. The number of hydrogen-bond donors (Lipinski definition) is 0. The zero-order valence-electron chi connectivity index (χ0n) is 15.2. The third-order valence-corrected chi connectivity index (χ3v) is 4.16. The van der Waals surface area contributed by atoms with E-state index in [9.17, 15) is 0 Å². The molecule has 0 amide bonds. The molecule has 3 nitrogen and oxygen atoms in total. The maximum atomic E-state index is 6.02. The highest BCUT2D eigenvalue weighted by Crippen LogP contribution is 2.25. The average Bonchev–Trinajstić information content (AvgIpc) is 2.72. The van der Waals surface area contributed by atoms with Crippen LogP contribution in [-0.4, -0.2) is 13.3 Å².